The van der Waals surface area contributed by atoms with Crippen LogP contribution < -0.4 is 0 Å². The van der Waals surface area contributed by atoms with Gasteiger partial charge in [-0.2, -0.15) is 0 Å². The Bertz CT molecular complexity index is 612. The molecule has 0 spiro atoms. The second-order valence-electron chi connectivity index (χ2n) is 10.0. The topological polar surface area (TPSA) is 26.3 Å². The minimum Gasteiger partial charge on any atom is -0.459 e. The second kappa shape index (κ2) is 12.5. The summed E-state index contributed by atoms with van der Waals surface area (Å²) in [4.78, 5) is 12.6. The van der Waals surface area contributed by atoms with Crippen LogP contribution in [0.3, 0.4) is 0 Å². The SMILES string of the molecule is CCCCCC1CCC(OC(=O)c2ccc(C3CCCC(CCC)CC3)cc2)CC1. The molecule has 30 heavy (non-hydrogen) atoms. The van der Waals surface area contributed by atoms with Gasteiger partial charge in [-0.1, -0.05) is 77.3 Å². The highest BCUT2D eigenvalue weighted by Gasteiger charge is 2.24. The molecule has 0 aliphatic heterocycles. The van der Waals surface area contributed by atoms with E-state index in [1.807, 2.05) is 12.1 Å². The van der Waals surface area contributed by atoms with Gasteiger partial charge in [-0.25, -0.2) is 4.79 Å². The van der Waals surface area contributed by atoms with E-state index in [-0.39, 0.29) is 12.1 Å². The Hall–Kier alpha value is -1.31. The maximum Gasteiger partial charge on any atom is 0.338 e. The molecule has 1 aromatic carbocycles. The fraction of sp³-hybridized carbons (Fsp3) is 0.750. The fourth-order valence-electron chi connectivity index (χ4n) is 5.74. The van der Waals surface area contributed by atoms with Gasteiger partial charge in [0.25, 0.3) is 0 Å². The predicted molar refractivity (Wildman–Crippen MR) is 126 cm³/mol. The number of benzene rings is 1. The summed E-state index contributed by atoms with van der Waals surface area (Å²) in [6, 6.07) is 8.38. The molecular formula is C28H44O2. The average molecular weight is 413 g/mol. The molecule has 0 heterocycles. The van der Waals surface area contributed by atoms with Crippen LogP contribution in [-0.2, 0) is 4.74 Å². The molecule has 1 aromatic rings. The number of esters is 1. The molecule has 2 aliphatic rings. The second-order valence-corrected chi connectivity index (χ2v) is 10.0. The van der Waals surface area contributed by atoms with E-state index in [0.717, 1.165) is 30.2 Å². The number of hydrogen-bond donors (Lipinski definition) is 0. The van der Waals surface area contributed by atoms with Crippen LogP contribution in [0.5, 0.6) is 0 Å². The summed E-state index contributed by atoms with van der Waals surface area (Å²) in [5.74, 6) is 2.32. The molecular weight excluding hydrogens is 368 g/mol. The number of carbonyl (C=O) groups excluding carboxylic acids is 1. The molecule has 0 amide bonds. The van der Waals surface area contributed by atoms with Crippen LogP contribution >= 0.6 is 0 Å². The molecule has 2 heteroatoms. The third kappa shape index (κ3) is 7.13. The van der Waals surface area contributed by atoms with E-state index < -0.39 is 0 Å². The summed E-state index contributed by atoms with van der Waals surface area (Å²) >= 11 is 0. The van der Waals surface area contributed by atoms with Gasteiger partial charge < -0.3 is 4.74 Å². The van der Waals surface area contributed by atoms with Crippen LogP contribution in [0.4, 0.5) is 0 Å². The molecule has 0 radical (unpaired) electrons. The van der Waals surface area contributed by atoms with Gasteiger partial charge in [0.2, 0.25) is 0 Å². The third-order valence-electron chi connectivity index (χ3n) is 7.69. The van der Waals surface area contributed by atoms with Crippen molar-refractivity contribution in [3.63, 3.8) is 0 Å². The molecule has 0 saturated heterocycles. The Morgan fingerprint density at radius 3 is 2.20 bits per heavy atom. The lowest BCUT2D eigenvalue weighted by atomic mass is 9.84. The highest BCUT2D eigenvalue weighted by Crippen LogP contribution is 2.36. The van der Waals surface area contributed by atoms with Gasteiger partial charge in [-0.3, -0.25) is 0 Å². The zero-order valence-corrected chi connectivity index (χ0v) is 19.5. The van der Waals surface area contributed by atoms with Crippen LogP contribution in [0.2, 0.25) is 0 Å². The van der Waals surface area contributed by atoms with Crippen molar-refractivity contribution < 1.29 is 9.53 Å². The van der Waals surface area contributed by atoms with Gasteiger partial charge in [-0.15, -0.1) is 0 Å². The molecule has 0 bridgehead atoms. The van der Waals surface area contributed by atoms with E-state index in [4.69, 9.17) is 4.74 Å². The monoisotopic (exact) mass is 412 g/mol. The highest BCUT2D eigenvalue weighted by molar-refractivity contribution is 5.89. The Morgan fingerprint density at radius 1 is 0.800 bits per heavy atom. The summed E-state index contributed by atoms with van der Waals surface area (Å²) in [5.41, 5.74) is 2.14. The first kappa shape index (κ1) is 23.4. The summed E-state index contributed by atoms with van der Waals surface area (Å²) in [6.45, 7) is 4.57. The van der Waals surface area contributed by atoms with E-state index in [1.54, 1.807) is 0 Å². The number of carbonyl (C=O) groups is 1. The van der Waals surface area contributed by atoms with E-state index in [9.17, 15) is 4.79 Å². The van der Waals surface area contributed by atoms with Crippen molar-refractivity contribution in [1.29, 1.82) is 0 Å². The van der Waals surface area contributed by atoms with E-state index in [2.05, 4.69) is 26.0 Å². The first-order valence-corrected chi connectivity index (χ1v) is 13.0. The first-order valence-electron chi connectivity index (χ1n) is 13.0. The lowest BCUT2D eigenvalue weighted by Crippen LogP contribution is -2.24. The molecule has 2 nitrogen and oxygen atoms in total. The zero-order valence-electron chi connectivity index (χ0n) is 19.5. The molecule has 2 fully saturated rings. The standard InChI is InChI=1S/C28H44O2/c1-3-5-6-9-23-13-20-27(21-14-23)30-28(29)26-18-16-25(17-19-26)24-11-7-10-22(8-4-2)12-15-24/h16-19,22-24,27H,3-15,20-21H2,1-2H3. The molecule has 0 aromatic heterocycles. The Labute approximate surface area is 185 Å². The molecule has 2 saturated carbocycles. The number of hydrogen-bond acceptors (Lipinski definition) is 2. The third-order valence-corrected chi connectivity index (χ3v) is 7.69. The van der Waals surface area contributed by atoms with Crippen molar-refractivity contribution in [3.8, 4) is 0 Å². The minimum absolute atomic E-state index is 0.122. The van der Waals surface area contributed by atoms with Crippen molar-refractivity contribution in [2.45, 2.75) is 122 Å². The lowest BCUT2D eigenvalue weighted by molar-refractivity contribution is 0.0161. The molecule has 3 rings (SSSR count). The normalized spacial score (nSPS) is 27.4. The number of ether oxygens (including phenoxy) is 1. The number of unbranched alkanes of at least 4 members (excludes halogenated alkanes) is 2. The molecule has 2 atom stereocenters. The minimum atomic E-state index is -0.125. The van der Waals surface area contributed by atoms with Gasteiger partial charge in [0.1, 0.15) is 6.10 Å². The van der Waals surface area contributed by atoms with Crippen molar-refractivity contribution in [3.05, 3.63) is 35.4 Å². The van der Waals surface area contributed by atoms with Gasteiger partial charge in [0, 0.05) is 0 Å². The molecule has 0 N–H and O–H groups in total. The van der Waals surface area contributed by atoms with E-state index >= 15 is 0 Å². The van der Waals surface area contributed by atoms with Gasteiger partial charge in [0.15, 0.2) is 0 Å². The lowest BCUT2D eigenvalue weighted by Gasteiger charge is -2.28. The quantitative estimate of drug-likeness (QED) is 0.231. The summed E-state index contributed by atoms with van der Waals surface area (Å²) in [5, 5.41) is 0. The predicted octanol–water partition coefficient (Wildman–Crippen LogP) is 8.45. The van der Waals surface area contributed by atoms with Crippen molar-refractivity contribution in [2.75, 3.05) is 0 Å². The largest absolute Gasteiger partial charge is 0.459 e. The van der Waals surface area contributed by atoms with Crippen LogP contribution in [-0.4, -0.2) is 12.1 Å². The molecule has 168 valence electrons. The van der Waals surface area contributed by atoms with Crippen LogP contribution in [0.15, 0.2) is 24.3 Å². The van der Waals surface area contributed by atoms with Crippen LogP contribution in [0, 0.1) is 11.8 Å². The molecule has 2 aliphatic carbocycles. The summed E-state index contributed by atoms with van der Waals surface area (Å²) in [6.07, 6.45) is 19.4. The van der Waals surface area contributed by atoms with Crippen molar-refractivity contribution in [2.24, 2.45) is 11.8 Å². The number of rotatable bonds is 9. The maximum absolute atomic E-state index is 12.6. The summed E-state index contributed by atoms with van der Waals surface area (Å²) < 4.78 is 5.86. The highest BCUT2D eigenvalue weighted by atomic mass is 16.5. The first-order chi connectivity index (χ1) is 14.7. The van der Waals surface area contributed by atoms with Gasteiger partial charge in [-0.05, 0) is 80.4 Å². The Balaban J connectivity index is 1.44. The van der Waals surface area contributed by atoms with E-state index in [0.29, 0.717) is 5.92 Å². The van der Waals surface area contributed by atoms with Gasteiger partial charge >= 0.3 is 5.97 Å². The average Bonchev–Trinajstić information content (AvgIpc) is 3.01. The maximum atomic E-state index is 12.6. The molecule has 2 unspecified atom stereocenters. The smallest absolute Gasteiger partial charge is 0.338 e. The van der Waals surface area contributed by atoms with E-state index in [1.165, 1.54) is 89.0 Å². The fourth-order valence-corrected chi connectivity index (χ4v) is 5.74. The van der Waals surface area contributed by atoms with Gasteiger partial charge in [0.05, 0.1) is 5.56 Å². The summed E-state index contributed by atoms with van der Waals surface area (Å²) in [7, 11) is 0. The Kier molecular flexibility index (Phi) is 9.75. The van der Waals surface area contributed by atoms with Crippen molar-refractivity contribution in [1.82, 2.24) is 0 Å². The van der Waals surface area contributed by atoms with Crippen molar-refractivity contribution >= 4 is 5.97 Å². The Morgan fingerprint density at radius 2 is 1.50 bits per heavy atom. The van der Waals surface area contributed by atoms with Crippen LogP contribution in [0.25, 0.3) is 0 Å². The van der Waals surface area contributed by atoms with Crippen LogP contribution in [0.1, 0.15) is 132 Å². The zero-order chi connectivity index (χ0) is 21.2.